The molecular weight excluding hydrogens is 357 g/mol. The minimum atomic E-state index is -0.755. The summed E-state index contributed by atoms with van der Waals surface area (Å²) in [5, 5.41) is 12.2. The highest BCUT2D eigenvalue weighted by atomic mass is 32.1. The van der Waals surface area contributed by atoms with E-state index in [0.717, 1.165) is 0 Å². The molecule has 0 spiro atoms. The fraction of sp³-hybridized carbons (Fsp3) is 0.263. The van der Waals surface area contributed by atoms with Crippen molar-refractivity contribution in [1.82, 2.24) is 4.90 Å². The Morgan fingerprint density at radius 3 is 2.65 bits per heavy atom. The molecule has 1 aromatic heterocycles. The summed E-state index contributed by atoms with van der Waals surface area (Å²) in [5.74, 6) is -1.96. The van der Waals surface area contributed by atoms with Gasteiger partial charge < -0.3 is 14.7 Å². The number of aliphatic hydroxyl groups is 1. The van der Waals surface area contributed by atoms with Crippen LogP contribution < -0.4 is 0 Å². The number of methoxy groups -OCH3 is 1. The van der Waals surface area contributed by atoms with Crippen LogP contribution in [0.15, 0.2) is 53.1 Å². The molecule has 2 heterocycles. The van der Waals surface area contributed by atoms with Crippen molar-refractivity contribution in [3.05, 3.63) is 69.4 Å². The molecule has 26 heavy (non-hydrogen) atoms. The molecule has 7 heteroatoms. The molecule has 0 fully saturated rings. The Labute approximate surface area is 154 Å². The normalized spacial score (nSPS) is 17.2. The topological polar surface area (TPSA) is 66.8 Å². The van der Waals surface area contributed by atoms with E-state index in [1.165, 1.54) is 40.5 Å². The predicted octanol–water partition coefficient (Wildman–Crippen LogP) is 3.50. The van der Waals surface area contributed by atoms with Gasteiger partial charge in [-0.15, -0.1) is 11.3 Å². The first kappa shape index (κ1) is 18.3. The van der Waals surface area contributed by atoms with Crippen LogP contribution in [0.1, 0.15) is 27.7 Å². The number of rotatable bonds is 7. The van der Waals surface area contributed by atoms with E-state index in [4.69, 9.17) is 4.74 Å². The molecule has 1 atom stereocenters. The number of amides is 1. The van der Waals surface area contributed by atoms with Gasteiger partial charge in [-0.25, -0.2) is 4.39 Å². The van der Waals surface area contributed by atoms with Crippen LogP contribution in [0.3, 0.4) is 0 Å². The van der Waals surface area contributed by atoms with Crippen LogP contribution in [-0.2, 0) is 9.53 Å². The van der Waals surface area contributed by atoms with E-state index in [9.17, 15) is 19.1 Å². The highest BCUT2D eigenvalue weighted by Gasteiger charge is 2.43. The second-order valence-corrected chi connectivity index (χ2v) is 6.82. The number of nitrogens with zero attached hydrogens (tertiary/aromatic N) is 1. The Kier molecular flexibility index (Phi) is 5.49. The molecular formula is C19H18FNO4S. The van der Waals surface area contributed by atoms with Crippen molar-refractivity contribution in [2.45, 2.75) is 12.5 Å². The Hall–Kier alpha value is -2.51. The van der Waals surface area contributed by atoms with Crippen molar-refractivity contribution < 1.29 is 23.8 Å². The average molecular weight is 375 g/mol. The lowest BCUT2D eigenvalue weighted by atomic mass is 9.95. The fourth-order valence-electron chi connectivity index (χ4n) is 3.03. The second-order valence-electron chi connectivity index (χ2n) is 5.87. The summed E-state index contributed by atoms with van der Waals surface area (Å²) >= 11 is 1.24. The zero-order chi connectivity index (χ0) is 18.7. The van der Waals surface area contributed by atoms with E-state index in [1.807, 2.05) is 0 Å². The minimum Gasteiger partial charge on any atom is -0.503 e. The molecule has 0 unspecified atom stereocenters. The molecule has 1 N–H and O–H groups in total. The molecule has 0 radical (unpaired) electrons. The van der Waals surface area contributed by atoms with Crippen LogP contribution >= 0.6 is 11.3 Å². The molecule has 0 bridgehead atoms. The van der Waals surface area contributed by atoms with Gasteiger partial charge in [0.25, 0.3) is 5.91 Å². The van der Waals surface area contributed by atoms with Gasteiger partial charge in [0, 0.05) is 20.3 Å². The molecule has 2 aromatic rings. The number of aliphatic hydroxyl groups excluding tert-OH is 1. The SMILES string of the molecule is COCCCN1C(=O)C(O)=C(C(=O)c2cccs2)[C@@H]1c1ccc(F)cc1. The van der Waals surface area contributed by atoms with Crippen molar-refractivity contribution in [3.63, 3.8) is 0 Å². The zero-order valence-corrected chi connectivity index (χ0v) is 15.0. The van der Waals surface area contributed by atoms with Gasteiger partial charge in [-0.1, -0.05) is 18.2 Å². The third-order valence-electron chi connectivity index (χ3n) is 4.23. The largest absolute Gasteiger partial charge is 0.503 e. The lowest BCUT2D eigenvalue weighted by Gasteiger charge is -2.26. The highest BCUT2D eigenvalue weighted by molar-refractivity contribution is 7.12. The fourth-order valence-corrected chi connectivity index (χ4v) is 3.71. The standard InChI is InChI=1S/C19H18FNO4S/c1-25-10-3-9-21-16(12-5-7-13(20)8-6-12)15(18(23)19(21)24)17(22)14-4-2-11-26-14/h2,4-8,11,16,23H,3,9-10H2,1H3/t16-/m0/s1. The summed E-state index contributed by atoms with van der Waals surface area (Å²) in [4.78, 5) is 27.4. The molecule has 1 aliphatic heterocycles. The molecule has 1 aromatic carbocycles. The van der Waals surface area contributed by atoms with Gasteiger partial charge >= 0.3 is 0 Å². The Morgan fingerprint density at radius 2 is 2.04 bits per heavy atom. The van der Waals surface area contributed by atoms with Crippen LogP contribution in [0.4, 0.5) is 4.39 Å². The first-order chi connectivity index (χ1) is 12.5. The van der Waals surface area contributed by atoms with Gasteiger partial charge in [-0.05, 0) is 35.6 Å². The van der Waals surface area contributed by atoms with Crippen LogP contribution in [0.25, 0.3) is 0 Å². The van der Waals surface area contributed by atoms with Crippen molar-refractivity contribution in [2.24, 2.45) is 0 Å². The van der Waals surface area contributed by atoms with E-state index in [1.54, 1.807) is 24.6 Å². The molecule has 0 aliphatic carbocycles. The molecule has 136 valence electrons. The predicted molar refractivity (Wildman–Crippen MR) is 95.7 cm³/mol. The zero-order valence-electron chi connectivity index (χ0n) is 14.1. The highest BCUT2D eigenvalue weighted by Crippen LogP contribution is 2.39. The lowest BCUT2D eigenvalue weighted by Crippen LogP contribution is -2.32. The van der Waals surface area contributed by atoms with Gasteiger partial charge in [0.05, 0.1) is 16.5 Å². The number of hydrogen-bond donors (Lipinski definition) is 1. The van der Waals surface area contributed by atoms with Crippen molar-refractivity contribution >= 4 is 23.0 Å². The lowest BCUT2D eigenvalue weighted by molar-refractivity contribution is -0.129. The van der Waals surface area contributed by atoms with Crippen LogP contribution in [-0.4, -0.2) is 42.0 Å². The monoisotopic (exact) mass is 375 g/mol. The number of thiophene rings is 1. The molecule has 5 nitrogen and oxygen atoms in total. The molecule has 1 aliphatic rings. The molecule has 0 saturated carbocycles. The van der Waals surface area contributed by atoms with E-state index >= 15 is 0 Å². The van der Waals surface area contributed by atoms with E-state index in [0.29, 0.717) is 30.0 Å². The number of ketones is 1. The molecule has 3 rings (SSSR count). The van der Waals surface area contributed by atoms with E-state index in [-0.39, 0.29) is 5.57 Å². The second kappa shape index (κ2) is 7.80. The summed E-state index contributed by atoms with van der Waals surface area (Å²) in [7, 11) is 1.56. The maximum Gasteiger partial charge on any atom is 0.290 e. The number of carbonyl (C=O) groups is 2. The summed E-state index contributed by atoms with van der Waals surface area (Å²) in [6.07, 6.45) is 0.549. The van der Waals surface area contributed by atoms with Gasteiger partial charge in [0.2, 0.25) is 5.78 Å². The number of ether oxygens (including phenoxy) is 1. The van der Waals surface area contributed by atoms with Gasteiger partial charge in [0.15, 0.2) is 5.76 Å². The van der Waals surface area contributed by atoms with E-state index < -0.39 is 29.3 Å². The molecule has 0 saturated heterocycles. The number of halogens is 1. The quantitative estimate of drug-likeness (QED) is 0.594. The Balaban J connectivity index is 2.02. The Morgan fingerprint density at radius 1 is 1.31 bits per heavy atom. The van der Waals surface area contributed by atoms with Crippen molar-refractivity contribution in [2.75, 3.05) is 20.3 Å². The van der Waals surface area contributed by atoms with Crippen molar-refractivity contribution in [3.8, 4) is 0 Å². The maximum absolute atomic E-state index is 13.3. The van der Waals surface area contributed by atoms with Crippen LogP contribution in [0, 0.1) is 5.82 Å². The summed E-state index contributed by atoms with van der Waals surface area (Å²) in [6, 6.07) is 8.22. The van der Waals surface area contributed by atoms with Crippen LogP contribution in [0.5, 0.6) is 0 Å². The number of benzene rings is 1. The third-order valence-corrected chi connectivity index (χ3v) is 5.10. The average Bonchev–Trinajstić information content (AvgIpc) is 3.25. The van der Waals surface area contributed by atoms with Gasteiger partial charge in [-0.3, -0.25) is 9.59 Å². The number of hydrogen-bond acceptors (Lipinski definition) is 5. The van der Waals surface area contributed by atoms with Gasteiger partial charge in [0.1, 0.15) is 5.82 Å². The number of Topliss-reactive ketones (excluding diaryl/α,β-unsaturated/α-hetero) is 1. The smallest absolute Gasteiger partial charge is 0.290 e. The summed E-state index contributed by atoms with van der Waals surface area (Å²) in [6.45, 7) is 0.745. The Bertz CT molecular complexity index is 830. The first-order valence-electron chi connectivity index (χ1n) is 8.11. The molecule has 1 amide bonds. The van der Waals surface area contributed by atoms with E-state index in [2.05, 4.69) is 0 Å². The van der Waals surface area contributed by atoms with Crippen molar-refractivity contribution in [1.29, 1.82) is 0 Å². The minimum absolute atomic E-state index is 0.0291. The summed E-state index contributed by atoms with van der Waals surface area (Å²) < 4.78 is 18.4. The third kappa shape index (κ3) is 3.40. The summed E-state index contributed by atoms with van der Waals surface area (Å²) in [5.41, 5.74) is 0.600. The van der Waals surface area contributed by atoms with Gasteiger partial charge in [-0.2, -0.15) is 0 Å². The number of carbonyl (C=O) groups excluding carboxylic acids is 2. The maximum atomic E-state index is 13.3. The first-order valence-corrected chi connectivity index (χ1v) is 8.99. The van der Waals surface area contributed by atoms with Crippen LogP contribution in [0.2, 0.25) is 0 Å².